The van der Waals surface area contributed by atoms with Crippen LogP contribution in [0.1, 0.15) is 27.7 Å². The van der Waals surface area contributed by atoms with E-state index in [9.17, 15) is 0 Å². The molecule has 0 amide bonds. The number of benzene rings is 6. The van der Waals surface area contributed by atoms with Gasteiger partial charge in [-0.1, -0.05) is 97.1 Å². The van der Waals surface area contributed by atoms with Gasteiger partial charge in [-0.15, -0.1) is 0 Å². The van der Waals surface area contributed by atoms with E-state index in [1.807, 2.05) is 0 Å². The molecule has 2 heterocycles. The number of hydrogen-bond donors (Lipinski definition) is 0. The van der Waals surface area contributed by atoms with Crippen LogP contribution in [0.2, 0.25) is 0 Å². The maximum absolute atomic E-state index is 6.32. The molecule has 8 rings (SSSR count). The first-order valence-electron chi connectivity index (χ1n) is 14.3. The number of hydrogen-bond acceptors (Lipinski definition) is 3. The standard InChI is InChI=1S/C37H30BNO2/c1-36(2)37(3,4)41-38(40-36)26-20-19-23-21-25(18-17-24(23)22-26)35-34-30-14-8-6-12-28(30)27-11-5-7-13-29(27)33(34)31-15-9-10-16-32(31)39-35/h5-22H,1-4H3. The molecule has 6 aromatic carbocycles. The first-order chi connectivity index (χ1) is 19.8. The van der Waals surface area contributed by atoms with Gasteiger partial charge in [0.2, 0.25) is 0 Å². The third kappa shape index (κ3) is 3.64. The molecule has 1 fully saturated rings. The molecule has 0 unspecified atom stereocenters. The summed E-state index contributed by atoms with van der Waals surface area (Å²) in [5.41, 5.74) is 3.43. The van der Waals surface area contributed by atoms with Crippen LogP contribution in [0.3, 0.4) is 0 Å². The van der Waals surface area contributed by atoms with Gasteiger partial charge < -0.3 is 9.31 Å². The summed E-state index contributed by atoms with van der Waals surface area (Å²) in [6.45, 7) is 8.37. The summed E-state index contributed by atoms with van der Waals surface area (Å²) < 4.78 is 12.6. The van der Waals surface area contributed by atoms with E-state index in [-0.39, 0.29) is 18.3 Å². The van der Waals surface area contributed by atoms with Crippen molar-refractivity contribution >= 4 is 66.6 Å². The molecule has 0 N–H and O–H groups in total. The van der Waals surface area contributed by atoms with Crippen LogP contribution in [-0.2, 0) is 9.31 Å². The van der Waals surface area contributed by atoms with Gasteiger partial charge in [0.15, 0.2) is 0 Å². The summed E-state index contributed by atoms with van der Waals surface area (Å²) in [5.74, 6) is 0. The Morgan fingerprint density at radius 1 is 0.537 bits per heavy atom. The van der Waals surface area contributed by atoms with Crippen LogP contribution in [0.15, 0.2) is 109 Å². The van der Waals surface area contributed by atoms with Gasteiger partial charge in [0.1, 0.15) is 0 Å². The molecule has 0 bridgehead atoms. The normalized spacial score (nSPS) is 16.4. The van der Waals surface area contributed by atoms with Crippen molar-refractivity contribution in [2.75, 3.05) is 0 Å². The van der Waals surface area contributed by atoms with Crippen LogP contribution >= 0.6 is 0 Å². The van der Waals surface area contributed by atoms with Gasteiger partial charge >= 0.3 is 7.12 Å². The van der Waals surface area contributed by atoms with E-state index >= 15 is 0 Å². The van der Waals surface area contributed by atoms with Crippen molar-refractivity contribution in [1.29, 1.82) is 0 Å². The number of fused-ring (bicyclic) bond motifs is 9. The van der Waals surface area contributed by atoms with E-state index in [2.05, 4.69) is 137 Å². The zero-order valence-electron chi connectivity index (χ0n) is 23.7. The SMILES string of the molecule is CC1(C)OB(c2ccc3cc(-c4nc5ccccc5c5c6ccccc6c6ccccc6c45)ccc3c2)OC1(C)C. The predicted molar refractivity (Wildman–Crippen MR) is 173 cm³/mol. The highest BCUT2D eigenvalue weighted by atomic mass is 16.7. The maximum atomic E-state index is 6.32. The number of nitrogens with zero attached hydrogens (tertiary/aromatic N) is 1. The highest BCUT2D eigenvalue weighted by Gasteiger charge is 2.51. The molecule has 3 nitrogen and oxygen atoms in total. The monoisotopic (exact) mass is 531 g/mol. The van der Waals surface area contributed by atoms with Gasteiger partial charge in [0, 0.05) is 21.7 Å². The van der Waals surface area contributed by atoms with Gasteiger partial charge in [0.25, 0.3) is 0 Å². The van der Waals surface area contributed by atoms with Crippen LogP contribution in [0.25, 0.3) is 65.3 Å². The van der Waals surface area contributed by atoms with Crippen molar-refractivity contribution < 1.29 is 9.31 Å². The quantitative estimate of drug-likeness (QED) is 0.165. The summed E-state index contributed by atoms with van der Waals surface area (Å²) in [4.78, 5) is 5.31. The molecular formula is C37H30BNO2. The molecule has 1 saturated heterocycles. The molecule has 4 heteroatoms. The first kappa shape index (κ1) is 24.5. The van der Waals surface area contributed by atoms with E-state index in [1.54, 1.807) is 0 Å². The van der Waals surface area contributed by atoms with Crippen LogP contribution in [0, 0.1) is 0 Å². The van der Waals surface area contributed by atoms with E-state index in [1.165, 1.54) is 37.7 Å². The second kappa shape index (κ2) is 8.63. The second-order valence-electron chi connectivity index (χ2n) is 12.2. The molecule has 1 aliphatic heterocycles. The highest BCUT2D eigenvalue weighted by Crippen LogP contribution is 2.43. The van der Waals surface area contributed by atoms with E-state index in [4.69, 9.17) is 14.3 Å². The molecule has 41 heavy (non-hydrogen) atoms. The topological polar surface area (TPSA) is 31.4 Å². The van der Waals surface area contributed by atoms with Crippen molar-refractivity contribution in [1.82, 2.24) is 4.98 Å². The molecule has 0 aliphatic carbocycles. The average Bonchev–Trinajstić information content (AvgIpc) is 3.22. The highest BCUT2D eigenvalue weighted by molar-refractivity contribution is 6.62. The summed E-state index contributed by atoms with van der Waals surface area (Å²) in [7, 11) is -0.380. The maximum Gasteiger partial charge on any atom is 0.494 e. The lowest BCUT2D eigenvalue weighted by Crippen LogP contribution is -2.41. The fourth-order valence-corrected chi connectivity index (χ4v) is 6.37. The van der Waals surface area contributed by atoms with Gasteiger partial charge in [-0.3, -0.25) is 0 Å². The molecule has 0 radical (unpaired) electrons. The van der Waals surface area contributed by atoms with Crippen LogP contribution in [0.4, 0.5) is 0 Å². The zero-order chi connectivity index (χ0) is 27.9. The van der Waals surface area contributed by atoms with Crippen molar-refractivity contribution in [3.8, 4) is 11.3 Å². The van der Waals surface area contributed by atoms with Gasteiger partial charge in [0.05, 0.1) is 22.4 Å². The molecule has 0 saturated carbocycles. The number of rotatable bonds is 2. The van der Waals surface area contributed by atoms with Gasteiger partial charge in [-0.2, -0.15) is 0 Å². The lowest BCUT2D eigenvalue weighted by atomic mass is 9.78. The smallest absolute Gasteiger partial charge is 0.399 e. The fourth-order valence-electron chi connectivity index (χ4n) is 6.37. The zero-order valence-corrected chi connectivity index (χ0v) is 23.7. The third-order valence-corrected chi connectivity index (χ3v) is 9.24. The van der Waals surface area contributed by atoms with E-state index in [0.717, 1.165) is 33.0 Å². The van der Waals surface area contributed by atoms with Gasteiger partial charge in [-0.25, -0.2) is 4.98 Å². The Hall–Kier alpha value is -4.25. The Morgan fingerprint density at radius 3 is 1.76 bits per heavy atom. The fraction of sp³-hybridized carbons (Fsp3) is 0.162. The second-order valence-corrected chi connectivity index (χ2v) is 12.2. The molecular weight excluding hydrogens is 501 g/mol. The Labute approximate surface area is 239 Å². The van der Waals surface area contributed by atoms with Crippen molar-refractivity contribution in [3.05, 3.63) is 109 Å². The van der Waals surface area contributed by atoms with Crippen molar-refractivity contribution in [3.63, 3.8) is 0 Å². The van der Waals surface area contributed by atoms with E-state index < -0.39 is 0 Å². The summed E-state index contributed by atoms with van der Waals surface area (Å²) in [6, 6.07) is 39.2. The molecule has 198 valence electrons. The Kier molecular flexibility index (Phi) is 5.16. The average molecular weight is 531 g/mol. The summed E-state index contributed by atoms with van der Waals surface area (Å²) >= 11 is 0. The Balaban J connectivity index is 1.37. The lowest BCUT2D eigenvalue weighted by Gasteiger charge is -2.32. The summed E-state index contributed by atoms with van der Waals surface area (Å²) in [6.07, 6.45) is 0. The minimum atomic E-state index is -0.380. The predicted octanol–water partition coefficient (Wildman–Crippen LogP) is 8.81. The van der Waals surface area contributed by atoms with Crippen molar-refractivity contribution in [2.45, 2.75) is 38.9 Å². The number of aromatic nitrogens is 1. The van der Waals surface area contributed by atoms with E-state index in [0.29, 0.717) is 0 Å². The molecule has 0 spiro atoms. The number of pyridine rings is 1. The molecule has 1 aromatic heterocycles. The minimum absolute atomic E-state index is 0.369. The van der Waals surface area contributed by atoms with Crippen LogP contribution in [-0.4, -0.2) is 23.3 Å². The third-order valence-electron chi connectivity index (χ3n) is 9.24. The Bertz CT molecular complexity index is 2170. The van der Waals surface area contributed by atoms with Crippen LogP contribution < -0.4 is 5.46 Å². The van der Waals surface area contributed by atoms with Crippen LogP contribution in [0.5, 0.6) is 0 Å². The minimum Gasteiger partial charge on any atom is -0.399 e. The number of para-hydroxylation sites is 1. The largest absolute Gasteiger partial charge is 0.494 e. The van der Waals surface area contributed by atoms with Gasteiger partial charge in [-0.05, 0) is 77.6 Å². The molecule has 0 atom stereocenters. The lowest BCUT2D eigenvalue weighted by molar-refractivity contribution is 0.00578. The Morgan fingerprint density at radius 2 is 1.07 bits per heavy atom. The molecule has 1 aliphatic rings. The van der Waals surface area contributed by atoms with Crippen molar-refractivity contribution in [2.24, 2.45) is 0 Å². The first-order valence-corrected chi connectivity index (χ1v) is 14.3. The molecule has 7 aromatic rings. The summed E-state index contributed by atoms with van der Waals surface area (Å²) in [5, 5.41) is 11.0.